The van der Waals surface area contributed by atoms with E-state index in [0.29, 0.717) is 12.5 Å². The van der Waals surface area contributed by atoms with Crippen molar-refractivity contribution in [3.8, 4) is 0 Å². The Morgan fingerprint density at radius 2 is 1.83 bits per heavy atom. The number of aliphatic carboxylic acids is 1. The van der Waals surface area contributed by atoms with Crippen LogP contribution < -0.4 is 5.32 Å². The quantitative estimate of drug-likeness (QED) is 0.769. The lowest BCUT2D eigenvalue weighted by molar-refractivity contribution is -0.138. The second kappa shape index (κ2) is 7.24. The Morgan fingerprint density at radius 1 is 1.28 bits per heavy atom. The number of alkyl carbamates (subject to hydrolysis) is 1. The van der Waals surface area contributed by atoms with Crippen LogP contribution in [0.5, 0.6) is 0 Å². The highest BCUT2D eigenvalue weighted by Gasteiger charge is 2.19. The normalized spacial score (nSPS) is 13.2. The van der Waals surface area contributed by atoms with Crippen LogP contribution in [0.4, 0.5) is 4.79 Å². The molecule has 0 bridgehead atoms. The molecule has 5 nitrogen and oxygen atoms in total. The standard InChI is InChI=1S/C13H25NO4/c1-9(2)6-10(7-11(15)16)8-14-12(17)18-13(3,4)5/h9-10H,6-8H2,1-5H3,(H,14,17)(H,15,16)/t10-/m0/s1. The molecule has 0 unspecified atom stereocenters. The average Bonchev–Trinajstić information content (AvgIpc) is 2.09. The third-order valence-corrected chi connectivity index (χ3v) is 2.20. The molecule has 0 heterocycles. The summed E-state index contributed by atoms with van der Waals surface area (Å²) < 4.78 is 5.10. The molecule has 1 atom stereocenters. The first-order valence-electron chi connectivity index (χ1n) is 6.28. The highest BCUT2D eigenvalue weighted by Crippen LogP contribution is 2.15. The van der Waals surface area contributed by atoms with Gasteiger partial charge in [-0.1, -0.05) is 13.8 Å². The number of carboxylic acids is 1. The smallest absolute Gasteiger partial charge is 0.407 e. The van der Waals surface area contributed by atoms with Gasteiger partial charge in [-0.05, 0) is 39.0 Å². The van der Waals surface area contributed by atoms with Gasteiger partial charge in [0, 0.05) is 13.0 Å². The summed E-state index contributed by atoms with van der Waals surface area (Å²) in [4.78, 5) is 22.2. The van der Waals surface area contributed by atoms with Crippen molar-refractivity contribution in [1.29, 1.82) is 0 Å². The summed E-state index contributed by atoms with van der Waals surface area (Å²) in [7, 11) is 0. The zero-order valence-corrected chi connectivity index (χ0v) is 11.9. The summed E-state index contributed by atoms with van der Waals surface area (Å²) in [5.41, 5.74) is -0.537. The van der Waals surface area contributed by atoms with E-state index in [2.05, 4.69) is 5.32 Å². The van der Waals surface area contributed by atoms with E-state index in [1.54, 1.807) is 20.8 Å². The SMILES string of the molecule is CC(C)C[C@H](CNC(=O)OC(C)(C)C)CC(=O)O. The predicted molar refractivity (Wildman–Crippen MR) is 69.4 cm³/mol. The van der Waals surface area contributed by atoms with Gasteiger partial charge in [-0.3, -0.25) is 4.79 Å². The van der Waals surface area contributed by atoms with Gasteiger partial charge in [0.05, 0.1) is 0 Å². The molecular weight excluding hydrogens is 234 g/mol. The van der Waals surface area contributed by atoms with E-state index in [-0.39, 0.29) is 12.3 Å². The molecule has 5 heteroatoms. The number of carbonyl (C=O) groups is 2. The number of carboxylic acid groups (broad SMARTS) is 1. The van der Waals surface area contributed by atoms with E-state index in [9.17, 15) is 9.59 Å². The number of hydrogen-bond acceptors (Lipinski definition) is 3. The van der Waals surface area contributed by atoms with E-state index in [1.807, 2.05) is 13.8 Å². The van der Waals surface area contributed by atoms with Crippen molar-refractivity contribution >= 4 is 12.1 Å². The summed E-state index contributed by atoms with van der Waals surface area (Å²) >= 11 is 0. The number of ether oxygens (including phenoxy) is 1. The lowest BCUT2D eigenvalue weighted by Crippen LogP contribution is -2.36. The van der Waals surface area contributed by atoms with Crippen molar-refractivity contribution in [3.05, 3.63) is 0 Å². The van der Waals surface area contributed by atoms with Gasteiger partial charge in [0.25, 0.3) is 0 Å². The zero-order chi connectivity index (χ0) is 14.3. The van der Waals surface area contributed by atoms with Crippen LogP contribution in [0.25, 0.3) is 0 Å². The summed E-state index contributed by atoms with van der Waals surface area (Å²) in [6, 6.07) is 0. The molecule has 0 radical (unpaired) electrons. The molecule has 0 saturated heterocycles. The second-order valence-corrected chi connectivity index (χ2v) is 5.98. The number of hydrogen-bond donors (Lipinski definition) is 2. The van der Waals surface area contributed by atoms with Crippen LogP contribution in [0, 0.1) is 11.8 Å². The van der Waals surface area contributed by atoms with Gasteiger partial charge in [-0.15, -0.1) is 0 Å². The molecule has 0 fully saturated rings. The fourth-order valence-electron chi connectivity index (χ4n) is 1.69. The second-order valence-electron chi connectivity index (χ2n) is 5.98. The lowest BCUT2D eigenvalue weighted by atomic mass is 9.94. The highest BCUT2D eigenvalue weighted by molar-refractivity contribution is 5.68. The molecule has 18 heavy (non-hydrogen) atoms. The lowest BCUT2D eigenvalue weighted by Gasteiger charge is -2.22. The molecule has 0 aromatic carbocycles. The topological polar surface area (TPSA) is 75.6 Å². The van der Waals surface area contributed by atoms with E-state index < -0.39 is 17.7 Å². The first-order chi connectivity index (χ1) is 8.10. The molecule has 1 amide bonds. The van der Waals surface area contributed by atoms with E-state index >= 15 is 0 Å². The van der Waals surface area contributed by atoms with Crippen molar-refractivity contribution in [1.82, 2.24) is 5.32 Å². The van der Waals surface area contributed by atoms with Gasteiger partial charge in [0.15, 0.2) is 0 Å². The molecule has 0 aromatic heterocycles. The third kappa shape index (κ3) is 9.93. The monoisotopic (exact) mass is 259 g/mol. The average molecular weight is 259 g/mol. The van der Waals surface area contributed by atoms with E-state index in [1.165, 1.54) is 0 Å². The molecule has 0 aliphatic carbocycles. The first kappa shape index (κ1) is 16.7. The Balaban J connectivity index is 4.17. The van der Waals surface area contributed by atoms with Crippen molar-refractivity contribution < 1.29 is 19.4 Å². The maximum absolute atomic E-state index is 11.5. The molecule has 0 spiro atoms. The number of carbonyl (C=O) groups excluding carboxylic acids is 1. The van der Waals surface area contributed by atoms with Crippen LogP contribution in [-0.4, -0.2) is 29.3 Å². The molecule has 0 aliphatic rings. The molecule has 0 rings (SSSR count). The minimum absolute atomic E-state index is 0.0602. The van der Waals surface area contributed by atoms with Crippen molar-refractivity contribution in [3.63, 3.8) is 0 Å². The molecule has 0 aromatic rings. The van der Waals surface area contributed by atoms with Crippen LogP contribution in [0.15, 0.2) is 0 Å². The molecule has 0 saturated carbocycles. The Labute approximate surface area is 109 Å². The molecule has 2 N–H and O–H groups in total. The minimum Gasteiger partial charge on any atom is -0.481 e. The minimum atomic E-state index is -0.841. The molecular formula is C13H25NO4. The van der Waals surface area contributed by atoms with Gasteiger partial charge in [-0.2, -0.15) is 0 Å². The van der Waals surface area contributed by atoms with Crippen LogP contribution >= 0.6 is 0 Å². The van der Waals surface area contributed by atoms with Gasteiger partial charge in [-0.25, -0.2) is 4.79 Å². The largest absolute Gasteiger partial charge is 0.481 e. The summed E-state index contributed by atoms with van der Waals surface area (Å²) in [6.07, 6.45) is 0.331. The van der Waals surface area contributed by atoms with Crippen molar-refractivity contribution in [2.45, 2.75) is 53.1 Å². The van der Waals surface area contributed by atoms with Crippen LogP contribution in [-0.2, 0) is 9.53 Å². The number of amides is 1. The summed E-state index contributed by atoms with van der Waals surface area (Å²) in [5, 5.41) is 11.4. The number of rotatable bonds is 6. The van der Waals surface area contributed by atoms with Gasteiger partial charge in [0.2, 0.25) is 0 Å². The fourth-order valence-corrected chi connectivity index (χ4v) is 1.69. The maximum atomic E-state index is 11.5. The van der Waals surface area contributed by atoms with Crippen LogP contribution in [0.1, 0.15) is 47.5 Å². The predicted octanol–water partition coefficient (Wildman–Crippen LogP) is 2.65. The Hall–Kier alpha value is -1.26. The molecule has 106 valence electrons. The van der Waals surface area contributed by atoms with Crippen LogP contribution in [0.3, 0.4) is 0 Å². The summed E-state index contributed by atoms with van der Waals surface area (Å²) in [6.45, 7) is 9.75. The summed E-state index contributed by atoms with van der Waals surface area (Å²) in [5.74, 6) is -0.503. The third-order valence-electron chi connectivity index (χ3n) is 2.20. The van der Waals surface area contributed by atoms with Gasteiger partial charge in [0.1, 0.15) is 5.60 Å². The van der Waals surface area contributed by atoms with Crippen LogP contribution in [0.2, 0.25) is 0 Å². The Morgan fingerprint density at radius 3 is 2.22 bits per heavy atom. The van der Waals surface area contributed by atoms with E-state index in [0.717, 1.165) is 6.42 Å². The fraction of sp³-hybridized carbons (Fsp3) is 0.846. The van der Waals surface area contributed by atoms with Crippen molar-refractivity contribution in [2.24, 2.45) is 11.8 Å². The molecule has 0 aliphatic heterocycles. The maximum Gasteiger partial charge on any atom is 0.407 e. The Bertz CT molecular complexity index is 281. The van der Waals surface area contributed by atoms with E-state index in [4.69, 9.17) is 9.84 Å². The zero-order valence-electron chi connectivity index (χ0n) is 11.9. The first-order valence-corrected chi connectivity index (χ1v) is 6.28. The van der Waals surface area contributed by atoms with Gasteiger partial charge >= 0.3 is 12.1 Å². The Kier molecular flexibility index (Phi) is 6.73. The highest BCUT2D eigenvalue weighted by atomic mass is 16.6. The van der Waals surface area contributed by atoms with Gasteiger partial charge < -0.3 is 15.2 Å². The van der Waals surface area contributed by atoms with Crippen molar-refractivity contribution in [2.75, 3.05) is 6.54 Å². The number of nitrogens with one attached hydrogen (secondary N) is 1.